The summed E-state index contributed by atoms with van der Waals surface area (Å²) >= 11 is 0. The summed E-state index contributed by atoms with van der Waals surface area (Å²) in [7, 11) is 0. The van der Waals surface area contributed by atoms with E-state index in [1.807, 2.05) is 19.1 Å². The first-order valence-electron chi connectivity index (χ1n) is 7.39. The minimum Gasteiger partial charge on any atom is -0.469 e. The van der Waals surface area contributed by atoms with Crippen LogP contribution in [0.25, 0.3) is 0 Å². The number of hydrogen-bond acceptors (Lipinski definition) is 3. The Morgan fingerprint density at radius 2 is 2.33 bits per heavy atom. The second-order valence-electron chi connectivity index (χ2n) is 5.62. The summed E-state index contributed by atoms with van der Waals surface area (Å²) < 4.78 is 5.28. The van der Waals surface area contributed by atoms with E-state index >= 15 is 0 Å². The van der Waals surface area contributed by atoms with E-state index in [9.17, 15) is 9.59 Å². The van der Waals surface area contributed by atoms with Crippen LogP contribution in [0.3, 0.4) is 0 Å². The van der Waals surface area contributed by atoms with Crippen molar-refractivity contribution in [1.29, 1.82) is 0 Å². The van der Waals surface area contributed by atoms with Gasteiger partial charge in [0.15, 0.2) is 0 Å². The molecule has 1 fully saturated rings. The standard InChI is InChI=1S/C15H23N3O3/c1-11(9-14-6-4-8-21-14)16-15(20)18-7-3-5-13(10-18)17-12(2)19/h4,6,8,11,13H,3,5,7,9-10H2,1-2H3,(H,16,20)(H,17,19)/t11-,13-/m0/s1. The zero-order valence-corrected chi connectivity index (χ0v) is 12.6. The Hall–Kier alpha value is -1.98. The lowest BCUT2D eigenvalue weighted by Crippen LogP contribution is -2.53. The first-order valence-corrected chi connectivity index (χ1v) is 7.39. The van der Waals surface area contributed by atoms with Gasteiger partial charge in [0.25, 0.3) is 0 Å². The Labute approximate surface area is 124 Å². The Kier molecular flexibility index (Phi) is 5.25. The fraction of sp³-hybridized carbons (Fsp3) is 0.600. The quantitative estimate of drug-likeness (QED) is 0.884. The van der Waals surface area contributed by atoms with E-state index in [2.05, 4.69) is 10.6 Å². The van der Waals surface area contributed by atoms with Crippen molar-refractivity contribution in [3.05, 3.63) is 24.2 Å². The molecule has 6 nitrogen and oxygen atoms in total. The molecule has 1 aliphatic rings. The molecule has 21 heavy (non-hydrogen) atoms. The summed E-state index contributed by atoms with van der Waals surface area (Å²) in [6.45, 7) is 4.76. The van der Waals surface area contributed by atoms with Crippen LogP contribution in [0.2, 0.25) is 0 Å². The SMILES string of the molecule is CC(=O)N[C@H]1CCCN(C(=O)N[C@@H](C)Cc2ccco2)C1. The number of carbonyl (C=O) groups is 2. The van der Waals surface area contributed by atoms with E-state index < -0.39 is 0 Å². The van der Waals surface area contributed by atoms with Gasteiger partial charge in [-0.3, -0.25) is 4.79 Å². The van der Waals surface area contributed by atoms with Crippen LogP contribution in [0, 0.1) is 0 Å². The number of furan rings is 1. The van der Waals surface area contributed by atoms with E-state index in [0.717, 1.165) is 25.1 Å². The molecule has 1 aliphatic heterocycles. The van der Waals surface area contributed by atoms with Crippen LogP contribution >= 0.6 is 0 Å². The molecule has 116 valence electrons. The average Bonchev–Trinajstić information content (AvgIpc) is 2.90. The summed E-state index contributed by atoms with van der Waals surface area (Å²) in [6, 6.07) is 3.72. The van der Waals surface area contributed by atoms with Gasteiger partial charge in [0.2, 0.25) is 5.91 Å². The lowest BCUT2D eigenvalue weighted by atomic mass is 10.1. The van der Waals surface area contributed by atoms with Crippen LogP contribution < -0.4 is 10.6 Å². The molecule has 2 rings (SSSR count). The minimum atomic E-state index is -0.0795. The second-order valence-corrected chi connectivity index (χ2v) is 5.62. The molecule has 0 radical (unpaired) electrons. The maximum Gasteiger partial charge on any atom is 0.317 e. The molecule has 2 N–H and O–H groups in total. The number of carbonyl (C=O) groups excluding carboxylic acids is 2. The Morgan fingerprint density at radius 1 is 1.52 bits per heavy atom. The number of hydrogen-bond donors (Lipinski definition) is 2. The highest BCUT2D eigenvalue weighted by molar-refractivity contribution is 5.75. The number of nitrogens with one attached hydrogen (secondary N) is 2. The summed E-state index contributed by atoms with van der Waals surface area (Å²) in [5.74, 6) is 0.811. The molecule has 1 aromatic heterocycles. The zero-order chi connectivity index (χ0) is 15.2. The van der Waals surface area contributed by atoms with Gasteiger partial charge in [-0.05, 0) is 31.9 Å². The molecule has 0 aromatic carbocycles. The van der Waals surface area contributed by atoms with Crippen molar-refractivity contribution >= 4 is 11.9 Å². The summed E-state index contributed by atoms with van der Waals surface area (Å²) in [5.41, 5.74) is 0. The highest BCUT2D eigenvalue weighted by Gasteiger charge is 2.24. The number of nitrogens with zero attached hydrogens (tertiary/aromatic N) is 1. The highest BCUT2D eigenvalue weighted by Crippen LogP contribution is 2.11. The lowest BCUT2D eigenvalue weighted by molar-refractivity contribution is -0.119. The zero-order valence-electron chi connectivity index (χ0n) is 12.6. The topological polar surface area (TPSA) is 74.6 Å². The van der Waals surface area contributed by atoms with Crippen LogP contribution in [0.5, 0.6) is 0 Å². The van der Waals surface area contributed by atoms with Gasteiger partial charge in [0, 0.05) is 38.5 Å². The molecular formula is C15H23N3O3. The fourth-order valence-electron chi connectivity index (χ4n) is 2.65. The van der Waals surface area contributed by atoms with E-state index in [4.69, 9.17) is 4.42 Å². The van der Waals surface area contributed by atoms with Gasteiger partial charge in [0.05, 0.1) is 6.26 Å². The van der Waals surface area contributed by atoms with Crippen LogP contribution in [-0.2, 0) is 11.2 Å². The van der Waals surface area contributed by atoms with E-state index in [0.29, 0.717) is 13.0 Å². The van der Waals surface area contributed by atoms with Crippen molar-refractivity contribution in [3.8, 4) is 0 Å². The van der Waals surface area contributed by atoms with E-state index in [1.54, 1.807) is 11.2 Å². The minimum absolute atomic E-state index is 0.00444. The summed E-state index contributed by atoms with van der Waals surface area (Å²) in [5, 5.41) is 5.86. The molecule has 0 saturated carbocycles. The molecule has 0 aliphatic carbocycles. The summed E-state index contributed by atoms with van der Waals surface area (Å²) in [4.78, 5) is 25.1. The van der Waals surface area contributed by atoms with Crippen LogP contribution in [0.4, 0.5) is 4.79 Å². The highest BCUT2D eigenvalue weighted by atomic mass is 16.3. The van der Waals surface area contributed by atoms with Crippen LogP contribution in [-0.4, -0.2) is 42.0 Å². The number of amides is 3. The lowest BCUT2D eigenvalue weighted by Gasteiger charge is -2.33. The van der Waals surface area contributed by atoms with Crippen LogP contribution in [0.1, 0.15) is 32.4 Å². The molecule has 2 atom stereocenters. The first-order chi connectivity index (χ1) is 10.0. The molecular weight excluding hydrogens is 270 g/mol. The molecule has 1 aromatic rings. The van der Waals surface area contributed by atoms with Gasteiger partial charge in [-0.1, -0.05) is 0 Å². The van der Waals surface area contributed by atoms with Crippen molar-refractivity contribution in [1.82, 2.24) is 15.5 Å². The van der Waals surface area contributed by atoms with Gasteiger partial charge >= 0.3 is 6.03 Å². The predicted molar refractivity (Wildman–Crippen MR) is 78.8 cm³/mol. The molecule has 0 unspecified atom stereocenters. The van der Waals surface area contributed by atoms with Crippen molar-refractivity contribution in [2.75, 3.05) is 13.1 Å². The monoisotopic (exact) mass is 293 g/mol. The van der Waals surface area contributed by atoms with Gasteiger partial charge in [-0.15, -0.1) is 0 Å². The normalized spacial score (nSPS) is 19.9. The van der Waals surface area contributed by atoms with Crippen LogP contribution in [0.15, 0.2) is 22.8 Å². The fourth-order valence-corrected chi connectivity index (χ4v) is 2.65. The van der Waals surface area contributed by atoms with Gasteiger partial charge < -0.3 is 20.0 Å². The third-order valence-electron chi connectivity index (χ3n) is 3.57. The van der Waals surface area contributed by atoms with Gasteiger partial charge in [0.1, 0.15) is 5.76 Å². The van der Waals surface area contributed by atoms with Gasteiger partial charge in [-0.25, -0.2) is 4.79 Å². The molecule has 6 heteroatoms. The maximum atomic E-state index is 12.2. The Balaban J connectivity index is 1.80. The van der Waals surface area contributed by atoms with Crippen molar-refractivity contribution in [2.24, 2.45) is 0 Å². The second kappa shape index (κ2) is 7.15. The molecule has 0 spiro atoms. The average molecular weight is 293 g/mol. The largest absolute Gasteiger partial charge is 0.469 e. The van der Waals surface area contributed by atoms with Crippen molar-refractivity contribution < 1.29 is 14.0 Å². The maximum absolute atomic E-state index is 12.2. The third kappa shape index (κ3) is 4.81. The number of likely N-dealkylation sites (tertiary alicyclic amines) is 1. The number of rotatable bonds is 4. The molecule has 3 amide bonds. The van der Waals surface area contributed by atoms with E-state index in [1.165, 1.54) is 6.92 Å². The Morgan fingerprint density at radius 3 is 3.00 bits per heavy atom. The smallest absolute Gasteiger partial charge is 0.317 e. The predicted octanol–water partition coefficient (Wildman–Crippen LogP) is 1.52. The van der Waals surface area contributed by atoms with Crippen molar-refractivity contribution in [2.45, 2.75) is 45.2 Å². The Bertz CT molecular complexity index is 473. The number of urea groups is 1. The summed E-state index contributed by atoms with van der Waals surface area (Å²) in [6.07, 6.45) is 4.13. The molecule has 2 heterocycles. The number of piperidine rings is 1. The van der Waals surface area contributed by atoms with Gasteiger partial charge in [-0.2, -0.15) is 0 Å². The molecule has 0 bridgehead atoms. The van der Waals surface area contributed by atoms with E-state index in [-0.39, 0.29) is 24.0 Å². The van der Waals surface area contributed by atoms with Crippen molar-refractivity contribution in [3.63, 3.8) is 0 Å². The first kappa shape index (κ1) is 15.4. The third-order valence-corrected chi connectivity index (χ3v) is 3.57. The molecule has 1 saturated heterocycles.